The van der Waals surface area contributed by atoms with Crippen molar-refractivity contribution in [3.8, 4) is 0 Å². The first-order valence-electron chi connectivity index (χ1n) is 16.3. The lowest BCUT2D eigenvalue weighted by atomic mass is 10.2. The molecule has 56 heteroatoms. The van der Waals surface area contributed by atoms with Gasteiger partial charge in [0.25, 0.3) is 12.3 Å². The van der Waals surface area contributed by atoms with Crippen LogP contribution in [-0.4, -0.2) is 146 Å². The maximum absolute atomic E-state index is 14.9. The molecule has 0 aromatic heterocycles. The van der Waals surface area contributed by atoms with Crippen LogP contribution in [0.1, 0.15) is 0 Å². The number of halogens is 48. The van der Waals surface area contributed by atoms with Crippen LogP contribution in [0.5, 0.6) is 0 Å². The Kier molecular flexibility index (Phi) is 19.6. The van der Waals surface area contributed by atoms with Crippen LogP contribution in [0.2, 0.25) is 0 Å². The first kappa shape index (κ1) is 76.3. The summed E-state index contributed by atoms with van der Waals surface area (Å²) in [6.45, 7) is 0. The Hall–Kier alpha value is -3.68. The van der Waals surface area contributed by atoms with Gasteiger partial charge in [-0.1, -0.05) is 0 Å². The highest BCUT2D eigenvalue weighted by Gasteiger charge is 2.92. The molecule has 0 bridgehead atoms. The summed E-state index contributed by atoms with van der Waals surface area (Å²) in [6.07, 6.45) is -158. The summed E-state index contributed by atoms with van der Waals surface area (Å²) in [7, 11) is 0. The van der Waals surface area contributed by atoms with Crippen LogP contribution in [0.4, 0.5) is 211 Å². The number of rotatable bonds is 23. The third kappa shape index (κ3) is 13.6. The fraction of sp³-hybridized carbons (Fsp3) is 1.00. The molecule has 0 spiro atoms. The van der Waals surface area contributed by atoms with E-state index in [1.165, 1.54) is 9.78 Å². The second-order valence-electron chi connectivity index (χ2n) is 13.4. The van der Waals surface area contributed by atoms with Gasteiger partial charge in [-0.15, -0.1) is 0 Å². The molecule has 0 amide bonds. The van der Waals surface area contributed by atoms with Gasteiger partial charge < -0.3 is 0 Å². The van der Waals surface area contributed by atoms with Crippen molar-refractivity contribution in [3.05, 3.63) is 0 Å². The van der Waals surface area contributed by atoms with E-state index in [-0.39, 0.29) is 0 Å². The minimum atomic E-state index is -10.1. The second kappa shape index (κ2) is 20.5. The predicted octanol–water partition coefficient (Wildman–Crippen LogP) is 14.9. The van der Waals surface area contributed by atoms with Crippen molar-refractivity contribution in [1.82, 2.24) is 0 Å². The molecule has 0 aromatic rings. The van der Waals surface area contributed by atoms with E-state index in [4.69, 9.17) is 0 Å². The van der Waals surface area contributed by atoms with E-state index in [0.717, 1.165) is 9.47 Å². The number of ether oxygens (including phenoxy) is 6. The van der Waals surface area contributed by atoms with E-state index in [0.29, 0.717) is 18.9 Å². The van der Waals surface area contributed by atoms with E-state index in [9.17, 15) is 211 Å². The van der Waals surface area contributed by atoms with Crippen molar-refractivity contribution >= 4 is 0 Å². The Labute approximate surface area is 396 Å². The van der Waals surface area contributed by atoms with Gasteiger partial charge in [-0.2, -0.15) is 212 Å². The van der Waals surface area contributed by atoms with Crippen molar-refractivity contribution in [2.75, 3.05) is 0 Å². The largest absolute Gasteiger partial charge is 0.458 e. The average Bonchev–Trinajstić information content (AvgIpc) is 3.14. The van der Waals surface area contributed by atoms with Crippen LogP contribution in [0.15, 0.2) is 0 Å². The molecule has 0 radical (unpaired) electrons. The maximum atomic E-state index is 14.9. The molecule has 0 aliphatic carbocycles. The van der Waals surface area contributed by atoms with Crippen molar-refractivity contribution in [2.45, 2.75) is 146 Å². The maximum Gasteiger partial charge on any atom is 0.458 e. The summed E-state index contributed by atoms with van der Waals surface area (Å²) in [4.78, 5) is 2.49. The summed E-state index contributed by atoms with van der Waals surface area (Å²) >= 11 is 0. The van der Waals surface area contributed by atoms with Crippen molar-refractivity contribution < 1.29 is 249 Å². The first-order valence-corrected chi connectivity index (χ1v) is 16.3. The Bertz CT molecular complexity index is 2090. The molecule has 8 unspecified atom stereocenters. The molecule has 0 aliphatic rings. The van der Waals surface area contributed by atoms with Crippen molar-refractivity contribution in [2.24, 2.45) is 0 Å². The van der Waals surface area contributed by atoms with Crippen molar-refractivity contribution in [1.29, 1.82) is 0 Å². The smallest absolute Gasteiger partial charge is 0.265 e. The molecular weight excluding hydrogens is 1330 g/mol. The molecule has 0 aromatic carbocycles. The SMILES string of the molecule is FC(C(F)(F)F)C(F)(F)OOC(F)(F)C(F)(OC(F)(F)C(F)(OC(F)(F)C(F)(OC(F)(F)C(F)(OC(F)(F)C(F)(OC(F)(F)C(F)(OC(F)(F)C(F)C(F)(F)F)C(F)(F)F)C(F)(F)F)C(F)(F)F)C(F)(F)F)C(F)(F)F)C(F)(F)F. The fourth-order valence-corrected chi connectivity index (χ4v) is 3.73. The van der Waals surface area contributed by atoms with Crippen LogP contribution in [-0.2, 0) is 38.2 Å². The number of hydrogen-bond acceptors (Lipinski definition) is 8. The molecule has 0 fully saturated rings. The first-order chi connectivity index (χ1) is 33.8. The highest BCUT2D eigenvalue weighted by Crippen LogP contribution is 2.64. The molecule has 80 heavy (non-hydrogen) atoms. The Balaban J connectivity index is 8.32. The fourth-order valence-electron chi connectivity index (χ4n) is 3.73. The van der Waals surface area contributed by atoms with E-state index >= 15 is 0 Å². The lowest BCUT2D eigenvalue weighted by Gasteiger charge is -2.45. The van der Waals surface area contributed by atoms with Gasteiger partial charge in [-0.25, -0.2) is 8.78 Å². The van der Waals surface area contributed by atoms with Gasteiger partial charge in [0.1, 0.15) is 0 Å². The molecule has 0 rings (SSSR count). The third-order valence-electron chi connectivity index (χ3n) is 7.48. The molecule has 0 N–H and O–H groups in total. The minimum absolute atomic E-state index is 0.485. The topological polar surface area (TPSA) is 73.8 Å². The van der Waals surface area contributed by atoms with E-state index < -0.39 is 146 Å². The van der Waals surface area contributed by atoms with Gasteiger partial charge in [0.15, 0.2) is 0 Å². The Morgan fingerprint density at radius 1 is 0.175 bits per heavy atom. The molecular formula is C24H2F48O8. The summed E-state index contributed by atoms with van der Waals surface area (Å²) in [5.41, 5.74) is 0. The monoisotopic (exact) mass is 1330 g/mol. The molecule has 482 valence electrons. The zero-order valence-electron chi connectivity index (χ0n) is 33.6. The van der Waals surface area contributed by atoms with Crippen LogP contribution >= 0.6 is 0 Å². The molecule has 8 atom stereocenters. The lowest BCUT2D eigenvalue weighted by Crippen LogP contribution is -2.73. The quantitative estimate of drug-likeness (QED) is 0.0569. The van der Waals surface area contributed by atoms with Gasteiger partial charge in [0.05, 0.1) is 0 Å². The second-order valence-corrected chi connectivity index (χ2v) is 13.4. The molecule has 0 aliphatic heterocycles. The Morgan fingerprint density at radius 2 is 0.325 bits per heavy atom. The predicted molar refractivity (Wildman–Crippen MR) is 130 cm³/mol. The minimum Gasteiger partial charge on any atom is -0.265 e. The molecule has 0 saturated heterocycles. The van der Waals surface area contributed by atoms with Crippen LogP contribution in [0.3, 0.4) is 0 Å². The number of hydrogen-bond donors (Lipinski definition) is 0. The lowest BCUT2D eigenvalue weighted by molar-refractivity contribution is -0.618. The van der Waals surface area contributed by atoms with E-state index in [1.807, 2.05) is 0 Å². The summed E-state index contributed by atoms with van der Waals surface area (Å²) in [5, 5.41) is 0. The normalized spacial score (nSPS) is 21.1. The van der Waals surface area contributed by atoms with Gasteiger partial charge in [-0.05, 0) is 0 Å². The molecule has 0 saturated carbocycles. The molecule has 8 nitrogen and oxygen atoms in total. The Morgan fingerprint density at radius 3 is 0.487 bits per heavy atom. The van der Waals surface area contributed by atoms with Crippen LogP contribution < -0.4 is 0 Å². The van der Waals surface area contributed by atoms with E-state index in [1.54, 1.807) is 0 Å². The van der Waals surface area contributed by atoms with Gasteiger partial charge in [0, 0.05) is 0 Å². The van der Waals surface area contributed by atoms with Gasteiger partial charge in [0.2, 0.25) is 0 Å². The summed E-state index contributed by atoms with van der Waals surface area (Å²) in [5.74, 6) is -58.3. The van der Waals surface area contributed by atoms with Gasteiger partial charge in [-0.3, -0.25) is 28.4 Å². The average molecular weight is 1330 g/mol. The summed E-state index contributed by atoms with van der Waals surface area (Å²) < 4.78 is 656. The van der Waals surface area contributed by atoms with Crippen LogP contribution in [0, 0.1) is 0 Å². The molecule has 0 heterocycles. The van der Waals surface area contributed by atoms with Gasteiger partial charge >= 0.3 is 133 Å². The van der Waals surface area contributed by atoms with E-state index in [2.05, 4.69) is 0 Å². The zero-order chi connectivity index (χ0) is 65.8. The highest BCUT2D eigenvalue weighted by molar-refractivity contribution is 5.01. The van der Waals surface area contributed by atoms with Crippen molar-refractivity contribution in [3.63, 3.8) is 0 Å². The highest BCUT2D eigenvalue weighted by atomic mass is 19.5. The standard InChI is InChI=1S/C24H2F48O8/c25-1(3(27,28)29)5(33,34)73-7(37,13(43,44)45)19(61,62)74-8(38,14(46,47)48)20(63,64)75-9(39,15(49,50)51)21(65,66)76-10(40,16(52,53)54)22(67,68)77-11(41,17(55,56)57)23(69,70)78-12(42,18(58,59)60)24(71,72)80-79-6(35,36)2(26)4(30,31)32/h1-2H. The number of alkyl halides is 48. The third-order valence-corrected chi connectivity index (χ3v) is 7.48. The van der Waals surface area contributed by atoms with Crippen LogP contribution in [0.25, 0.3) is 0 Å². The summed E-state index contributed by atoms with van der Waals surface area (Å²) in [6, 6.07) is 0. The zero-order valence-corrected chi connectivity index (χ0v) is 33.6.